The van der Waals surface area contributed by atoms with Crippen molar-refractivity contribution in [1.82, 2.24) is 9.80 Å². The highest BCUT2D eigenvalue weighted by Crippen LogP contribution is 2.26. The summed E-state index contributed by atoms with van der Waals surface area (Å²) in [6, 6.07) is 18.3. The molecule has 0 spiro atoms. The van der Waals surface area contributed by atoms with Gasteiger partial charge in [0.25, 0.3) is 5.91 Å². The number of halogens is 2. The third-order valence-electron chi connectivity index (χ3n) is 6.19. The van der Waals surface area contributed by atoms with E-state index in [0.717, 1.165) is 37.7 Å². The zero-order chi connectivity index (χ0) is 23.9. The molecule has 5 nitrogen and oxygen atoms in total. The minimum absolute atomic E-state index is 0.00476. The highest BCUT2D eigenvalue weighted by Gasteiger charge is 2.30. The number of carbonyl (C=O) groups is 2. The Bertz CT molecular complexity index is 1080. The van der Waals surface area contributed by atoms with Crippen molar-refractivity contribution in [3.05, 3.63) is 93.9 Å². The summed E-state index contributed by atoms with van der Waals surface area (Å²) >= 11 is 12.3. The van der Waals surface area contributed by atoms with Gasteiger partial charge in [0.2, 0.25) is 5.91 Å². The Hall–Kier alpha value is -2.76. The highest BCUT2D eigenvalue weighted by molar-refractivity contribution is 6.35. The van der Waals surface area contributed by atoms with E-state index in [9.17, 15) is 9.59 Å². The molecule has 1 aliphatic carbocycles. The largest absolute Gasteiger partial charge is 0.467 e. The zero-order valence-electron chi connectivity index (χ0n) is 19.0. The first-order chi connectivity index (χ1) is 16.5. The molecular formula is C27H28Cl2N2O3. The topological polar surface area (TPSA) is 53.8 Å². The van der Waals surface area contributed by atoms with E-state index >= 15 is 0 Å². The lowest BCUT2D eigenvalue weighted by atomic mass is 9.93. The van der Waals surface area contributed by atoms with Crippen LogP contribution < -0.4 is 0 Å². The Balaban J connectivity index is 1.59. The lowest BCUT2D eigenvalue weighted by Crippen LogP contribution is -2.48. The second kappa shape index (κ2) is 11.6. The lowest BCUT2D eigenvalue weighted by Gasteiger charge is -2.35. The fraction of sp³-hybridized carbons (Fsp3) is 0.333. The van der Waals surface area contributed by atoms with E-state index in [1.807, 2.05) is 36.4 Å². The Labute approximate surface area is 210 Å². The van der Waals surface area contributed by atoms with Gasteiger partial charge in [0.05, 0.1) is 12.8 Å². The van der Waals surface area contributed by atoms with E-state index < -0.39 is 0 Å². The minimum Gasteiger partial charge on any atom is -0.467 e. The molecule has 7 heteroatoms. The van der Waals surface area contributed by atoms with Gasteiger partial charge in [0.1, 0.15) is 12.3 Å². The Morgan fingerprint density at radius 1 is 0.882 bits per heavy atom. The van der Waals surface area contributed by atoms with Gasteiger partial charge in [0, 0.05) is 28.2 Å². The molecule has 0 aliphatic heterocycles. The third kappa shape index (κ3) is 6.43. The number of furan rings is 1. The average molecular weight is 499 g/mol. The molecule has 0 saturated heterocycles. The molecular weight excluding hydrogens is 471 g/mol. The molecule has 1 heterocycles. The summed E-state index contributed by atoms with van der Waals surface area (Å²) in [5.74, 6) is 0.344. The Morgan fingerprint density at radius 3 is 2.24 bits per heavy atom. The fourth-order valence-corrected chi connectivity index (χ4v) is 5.00. The van der Waals surface area contributed by atoms with E-state index in [0.29, 0.717) is 34.5 Å². The van der Waals surface area contributed by atoms with Crippen LogP contribution in [0.5, 0.6) is 0 Å². The lowest BCUT2D eigenvalue weighted by molar-refractivity contribution is -0.134. The molecule has 34 heavy (non-hydrogen) atoms. The van der Waals surface area contributed by atoms with Crippen molar-refractivity contribution in [3.8, 4) is 0 Å². The van der Waals surface area contributed by atoms with E-state index in [2.05, 4.69) is 0 Å². The highest BCUT2D eigenvalue weighted by atomic mass is 35.5. The summed E-state index contributed by atoms with van der Waals surface area (Å²) in [6.07, 6.45) is 6.59. The number of hydrogen-bond acceptors (Lipinski definition) is 3. The third-order valence-corrected chi connectivity index (χ3v) is 6.62. The van der Waals surface area contributed by atoms with Gasteiger partial charge >= 0.3 is 0 Å². The maximum absolute atomic E-state index is 13.6. The fourth-order valence-electron chi connectivity index (χ4n) is 4.48. The summed E-state index contributed by atoms with van der Waals surface area (Å²) in [5.41, 5.74) is 1.41. The van der Waals surface area contributed by atoms with Gasteiger partial charge in [-0.1, -0.05) is 72.8 Å². The number of carbonyl (C=O) groups excluding carboxylic acids is 2. The molecule has 1 saturated carbocycles. The molecule has 0 bridgehead atoms. The Morgan fingerprint density at radius 2 is 1.59 bits per heavy atom. The van der Waals surface area contributed by atoms with Gasteiger partial charge in [-0.15, -0.1) is 0 Å². The first-order valence-corrected chi connectivity index (χ1v) is 12.4. The van der Waals surface area contributed by atoms with Crippen molar-refractivity contribution in [2.24, 2.45) is 0 Å². The van der Waals surface area contributed by atoms with Crippen LogP contribution in [0.4, 0.5) is 0 Å². The van der Waals surface area contributed by atoms with E-state index in [1.165, 1.54) is 0 Å². The SMILES string of the molecule is O=C(CN(C(=O)c1cc(Cl)cc(Cl)c1)C1CCCCC1)N(Cc1ccccc1)Cc1ccco1. The maximum Gasteiger partial charge on any atom is 0.254 e. The molecule has 2 amide bonds. The number of amides is 2. The van der Waals surface area contributed by atoms with E-state index in [4.69, 9.17) is 27.6 Å². The molecule has 1 aromatic heterocycles. The molecule has 0 N–H and O–H groups in total. The second-order valence-corrected chi connectivity index (χ2v) is 9.57. The van der Waals surface area contributed by atoms with Crippen molar-refractivity contribution < 1.29 is 14.0 Å². The quantitative estimate of drug-likeness (QED) is 0.351. The summed E-state index contributed by atoms with van der Waals surface area (Å²) in [6.45, 7) is 0.744. The molecule has 3 aromatic rings. The standard InChI is InChI=1S/C27H28Cl2N2O3/c28-22-14-21(15-23(29)16-22)27(33)31(24-10-5-2-6-11-24)19-26(32)30(18-25-12-7-13-34-25)17-20-8-3-1-4-9-20/h1,3-4,7-9,12-16,24H,2,5-6,10-11,17-19H2. The normalized spacial score (nSPS) is 14.1. The monoisotopic (exact) mass is 498 g/mol. The van der Waals surface area contributed by atoms with Crippen molar-refractivity contribution in [2.75, 3.05) is 6.54 Å². The number of nitrogens with zero attached hydrogens (tertiary/aromatic N) is 2. The summed E-state index contributed by atoms with van der Waals surface area (Å²) < 4.78 is 5.51. The van der Waals surface area contributed by atoms with Crippen LogP contribution in [-0.4, -0.2) is 34.2 Å². The van der Waals surface area contributed by atoms with Gasteiger partial charge < -0.3 is 14.2 Å². The van der Waals surface area contributed by atoms with Crippen molar-refractivity contribution in [3.63, 3.8) is 0 Å². The molecule has 0 radical (unpaired) electrons. The second-order valence-electron chi connectivity index (χ2n) is 8.70. The maximum atomic E-state index is 13.6. The molecule has 178 valence electrons. The van der Waals surface area contributed by atoms with Crippen LogP contribution >= 0.6 is 23.2 Å². The van der Waals surface area contributed by atoms with Crippen LogP contribution in [0.25, 0.3) is 0 Å². The molecule has 1 fully saturated rings. The molecule has 1 aliphatic rings. The Kier molecular flexibility index (Phi) is 8.30. The van der Waals surface area contributed by atoms with Crippen molar-refractivity contribution in [2.45, 2.75) is 51.2 Å². The molecule has 0 unspecified atom stereocenters. The number of rotatable bonds is 8. The summed E-state index contributed by atoms with van der Waals surface area (Å²) in [5, 5.41) is 0.795. The predicted octanol–water partition coefficient (Wildman–Crippen LogP) is 6.59. The van der Waals surface area contributed by atoms with E-state index in [-0.39, 0.29) is 24.4 Å². The summed E-state index contributed by atoms with van der Waals surface area (Å²) in [4.78, 5) is 30.7. The van der Waals surface area contributed by atoms with Gasteiger partial charge in [-0.25, -0.2) is 0 Å². The minimum atomic E-state index is -0.220. The first-order valence-electron chi connectivity index (χ1n) is 11.6. The first kappa shape index (κ1) is 24.4. The van der Waals surface area contributed by atoms with Crippen molar-refractivity contribution in [1.29, 1.82) is 0 Å². The van der Waals surface area contributed by atoms with Crippen LogP contribution in [0.2, 0.25) is 10.0 Å². The molecule has 2 aromatic carbocycles. The summed E-state index contributed by atoms with van der Waals surface area (Å²) in [7, 11) is 0. The van der Waals surface area contributed by atoms with Crippen LogP contribution in [-0.2, 0) is 17.9 Å². The molecule has 0 atom stereocenters. The van der Waals surface area contributed by atoms with Crippen LogP contribution in [0, 0.1) is 0 Å². The van der Waals surface area contributed by atoms with Gasteiger partial charge in [-0.3, -0.25) is 9.59 Å². The smallest absolute Gasteiger partial charge is 0.254 e. The van der Waals surface area contributed by atoms with E-state index in [1.54, 1.807) is 40.3 Å². The van der Waals surface area contributed by atoms with Gasteiger partial charge in [-0.05, 0) is 48.7 Å². The molecule has 4 rings (SSSR count). The zero-order valence-corrected chi connectivity index (χ0v) is 20.5. The van der Waals surface area contributed by atoms with Crippen LogP contribution in [0.3, 0.4) is 0 Å². The number of hydrogen-bond donors (Lipinski definition) is 0. The van der Waals surface area contributed by atoms with Crippen LogP contribution in [0.15, 0.2) is 71.3 Å². The number of benzene rings is 2. The van der Waals surface area contributed by atoms with Gasteiger partial charge in [0.15, 0.2) is 0 Å². The average Bonchev–Trinajstić information content (AvgIpc) is 3.35. The van der Waals surface area contributed by atoms with Gasteiger partial charge in [-0.2, -0.15) is 0 Å². The predicted molar refractivity (Wildman–Crippen MR) is 134 cm³/mol. The van der Waals surface area contributed by atoms with Crippen molar-refractivity contribution >= 4 is 35.0 Å². The van der Waals surface area contributed by atoms with Crippen LogP contribution in [0.1, 0.15) is 53.8 Å².